The van der Waals surface area contributed by atoms with Crippen molar-refractivity contribution in [3.63, 3.8) is 0 Å². The van der Waals surface area contributed by atoms with E-state index in [2.05, 4.69) is 17.6 Å². The molecule has 0 aliphatic heterocycles. The largest absolute Gasteiger partial charge is 0.444 e. The number of benzene rings is 1. The van der Waals surface area contributed by atoms with Crippen molar-refractivity contribution in [2.45, 2.75) is 112 Å². The number of carbonyl (C=O) groups excluding carboxylic acids is 3. The van der Waals surface area contributed by atoms with Crippen LogP contribution in [0.1, 0.15) is 97.4 Å². The van der Waals surface area contributed by atoms with Gasteiger partial charge in [-0.3, -0.25) is 9.59 Å². The standard InChI is InChI=1S/C28H47N3O4/c1-11-13-16-29-25(32)24(22-15-14-19(5)20(6)17-22)31(21(7)12-2)26(33)23(18(3)4)30-27(34)35-28(8,9)10/h14-15,17-18,21,23-24H,11-13,16H2,1-10H3,(H,29,32)(H,30,34). The van der Waals surface area contributed by atoms with Crippen molar-refractivity contribution in [3.05, 3.63) is 34.9 Å². The van der Waals surface area contributed by atoms with Crippen molar-refractivity contribution in [1.82, 2.24) is 15.5 Å². The summed E-state index contributed by atoms with van der Waals surface area (Å²) >= 11 is 0. The number of aryl methyl sites for hydroxylation is 2. The molecule has 1 aromatic rings. The average molecular weight is 490 g/mol. The van der Waals surface area contributed by atoms with Crippen molar-refractivity contribution in [2.24, 2.45) is 5.92 Å². The number of hydrogen-bond acceptors (Lipinski definition) is 4. The molecule has 0 saturated carbocycles. The van der Waals surface area contributed by atoms with Crippen LogP contribution >= 0.6 is 0 Å². The number of rotatable bonds is 11. The first kappa shape index (κ1) is 30.5. The molecular weight excluding hydrogens is 442 g/mol. The van der Waals surface area contributed by atoms with E-state index < -0.39 is 23.8 Å². The lowest BCUT2D eigenvalue weighted by Crippen LogP contribution is -2.57. The van der Waals surface area contributed by atoms with E-state index >= 15 is 0 Å². The minimum Gasteiger partial charge on any atom is -0.444 e. The van der Waals surface area contributed by atoms with Crippen molar-refractivity contribution in [2.75, 3.05) is 6.54 Å². The van der Waals surface area contributed by atoms with E-state index in [9.17, 15) is 14.4 Å². The third-order valence-corrected chi connectivity index (χ3v) is 6.13. The van der Waals surface area contributed by atoms with Gasteiger partial charge >= 0.3 is 6.09 Å². The highest BCUT2D eigenvalue weighted by Crippen LogP contribution is 2.28. The van der Waals surface area contributed by atoms with Gasteiger partial charge in [-0.25, -0.2) is 4.79 Å². The Bertz CT molecular complexity index is 860. The van der Waals surface area contributed by atoms with Gasteiger partial charge in [-0.1, -0.05) is 52.3 Å². The Morgan fingerprint density at radius 1 is 1.03 bits per heavy atom. The molecule has 0 saturated heterocycles. The van der Waals surface area contributed by atoms with Crippen LogP contribution in [0.4, 0.5) is 4.79 Å². The van der Waals surface area contributed by atoms with E-state index in [-0.39, 0.29) is 23.8 Å². The van der Waals surface area contributed by atoms with Crippen LogP contribution in [0.25, 0.3) is 0 Å². The average Bonchev–Trinajstić information content (AvgIpc) is 2.75. The maximum absolute atomic E-state index is 14.1. The summed E-state index contributed by atoms with van der Waals surface area (Å²) in [5.74, 6) is -0.714. The monoisotopic (exact) mass is 489 g/mol. The molecule has 198 valence electrons. The predicted molar refractivity (Wildman–Crippen MR) is 141 cm³/mol. The number of unbranched alkanes of at least 4 members (excludes halogenated alkanes) is 1. The smallest absolute Gasteiger partial charge is 0.408 e. The Balaban J connectivity index is 3.51. The number of ether oxygens (including phenoxy) is 1. The van der Waals surface area contributed by atoms with Crippen molar-refractivity contribution in [3.8, 4) is 0 Å². The van der Waals surface area contributed by atoms with Crippen LogP contribution in [0, 0.1) is 19.8 Å². The fourth-order valence-corrected chi connectivity index (χ4v) is 3.76. The van der Waals surface area contributed by atoms with Crippen molar-refractivity contribution < 1.29 is 19.1 Å². The third kappa shape index (κ3) is 9.19. The second kappa shape index (κ2) is 13.5. The number of nitrogens with one attached hydrogen (secondary N) is 2. The summed E-state index contributed by atoms with van der Waals surface area (Å²) in [6.45, 7) is 19.7. The van der Waals surface area contributed by atoms with E-state index in [1.807, 2.05) is 59.7 Å². The molecule has 3 amide bonds. The number of nitrogens with zero attached hydrogens (tertiary/aromatic N) is 1. The van der Waals surface area contributed by atoms with Crippen LogP contribution in [0.2, 0.25) is 0 Å². The van der Waals surface area contributed by atoms with E-state index in [1.165, 1.54) is 0 Å². The van der Waals surface area contributed by atoms with Crippen LogP contribution in [0.3, 0.4) is 0 Å². The normalized spacial score (nSPS) is 14.1. The van der Waals surface area contributed by atoms with Gasteiger partial charge < -0.3 is 20.3 Å². The summed E-state index contributed by atoms with van der Waals surface area (Å²) in [6.07, 6.45) is 1.82. The summed E-state index contributed by atoms with van der Waals surface area (Å²) < 4.78 is 5.42. The number of carbonyl (C=O) groups is 3. The van der Waals surface area contributed by atoms with Gasteiger partial charge in [0, 0.05) is 12.6 Å². The first-order valence-electron chi connectivity index (χ1n) is 12.9. The first-order valence-corrected chi connectivity index (χ1v) is 12.9. The van der Waals surface area contributed by atoms with Crippen LogP contribution in [0.15, 0.2) is 18.2 Å². The first-order chi connectivity index (χ1) is 16.2. The van der Waals surface area contributed by atoms with Gasteiger partial charge in [-0.05, 0) is 77.0 Å². The Morgan fingerprint density at radius 3 is 2.14 bits per heavy atom. The van der Waals surface area contributed by atoms with Gasteiger partial charge in [0.25, 0.3) is 0 Å². The van der Waals surface area contributed by atoms with Gasteiger partial charge in [-0.15, -0.1) is 0 Å². The zero-order chi connectivity index (χ0) is 26.9. The fraction of sp³-hybridized carbons (Fsp3) is 0.679. The molecule has 0 radical (unpaired) electrons. The third-order valence-electron chi connectivity index (χ3n) is 6.13. The van der Waals surface area contributed by atoms with Gasteiger partial charge in [0.1, 0.15) is 17.7 Å². The van der Waals surface area contributed by atoms with Crippen LogP contribution < -0.4 is 10.6 Å². The quantitative estimate of drug-likeness (QED) is 0.405. The molecule has 3 atom stereocenters. The lowest BCUT2D eigenvalue weighted by Gasteiger charge is -2.39. The van der Waals surface area contributed by atoms with E-state index in [0.29, 0.717) is 13.0 Å². The van der Waals surface area contributed by atoms with E-state index in [4.69, 9.17) is 4.74 Å². The zero-order valence-electron chi connectivity index (χ0n) is 23.5. The number of amides is 3. The van der Waals surface area contributed by atoms with Gasteiger partial charge in [-0.2, -0.15) is 0 Å². The topological polar surface area (TPSA) is 87.7 Å². The molecule has 0 heterocycles. The zero-order valence-corrected chi connectivity index (χ0v) is 23.5. The molecule has 2 N–H and O–H groups in total. The summed E-state index contributed by atoms with van der Waals surface area (Å²) in [4.78, 5) is 41.9. The Hall–Kier alpha value is -2.57. The molecule has 1 rings (SSSR count). The lowest BCUT2D eigenvalue weighted by atomic mass is 9.95. The highest BCUT2D eigenvalue weighted by atomic mass is 16.6. The molecule has 0 fully saturated rings. The molecule has 35 heavy (non-hydrogen) atoms. The molecule has 7 heteroatoms. The van der Waals surface area contributed by atoms with Crippen LogP contribution in [-0.4, -0.2) is 47.0 Å². The second-order valence-electron chi connectivity index (χ2n) is 10.8. The molecule has 0 bridgehead atoms. The molecule has 0 aliphatic carbocycles. The second-order valence-corrected chi connectivity index (χ2v) is 10.8. The minimum atomic E-state index is -0.837. The SMILES string of the molecule is CCCCNC(=O)C(c1ccc(C)c(C)c1)N(C(=O)C(NC(=O)OC(C)(C)C)C(C)C)C(C)CC. The van der Waals surface area contributed by atoms with E-state index in [1.54, 1.807) is 25.7 Å². The number of hydrogen-bond donors (Lipinski definition) is 2. The summed E-state index contributed by atoms with van der Waals surface area (Å²) in [5, 5.41) is 5.79. The summed E-state index contributed by atoms with van der Waals surface area (Å²) in [5.41, 5.74) is 2.24. The lowest BCUT2D eigenvalue weighted by molar-refractivity contribution is -0.146. The van der Waals surface area contributed by atoms with E-state index in [0.717, 1.165) is 29.5 Å². The molecular formula is C28H47N3O4. The maximum Gasteiger partial charge on any atom is 0.408 e. The Labute approximate surface area is 212 Å². The van der Waals surface area contributed by atoms with Gasteiger partial charge in [0.05, 0.1) is 0 Å². The summed E-state index contributed by atoms with van der Waals surface area (Å²) in [6, 6.07) is 4.00. The summed E-state index contributed by atoms with van der Waals surface area (Å²) in [7, 11) is 0. The van der Waals surface area contributed by atoms with Gasteiger partial charge in [0.2, 0.25) is 11.8 Å². The van der Waals surface area contributed by atoms with Gasteiger partial charge in [0.15, 0.2) is 0 Å². The highest BCUT2D eigenvalue weighted by molar-refractivity contribution is 5.92. The fourth-order valence-electron chi connectivity index (χ4n) is 3.76. The van der Waals surface area contributed by atoms with Crippen LogP contribution in [0.5, 0.6) is 0 Å². The minimum absolute atomic E-state index is 0.204. The molecule has 0 spiro atoms. The maximum atomic E-state index is 14.1. The van der Waals surface area contributed by atoms with Crippen LogP contribution in [-0.2, 0) is 14.3 Å². The molecule has 0 aliphatic rings. The predicted octanol–water partition coefficient (Wildman–Crippen LogP) is 5.44. The molecule has 0 aromatic heterocycles. The Morgan fingerprint density at radius 2 is 1.66 bits per heavy atom. The molecule has 7 nitrogen and oxygen atoms in total. The van der Waals surface area contributed by atoms with Crippen molar-refractivity contribution in [1.29, 1.82) is 0 Å². The molecule has 1 aromatic carbocycles. The Kier molecular flexibility index (Phi) is 11.7. The van der Waals surface area contributed by atoms with Crippen molar-refractivity contribution >= 4 is 17.9 Å². The molecule has 3 unspecified atom stereocenters. The highest BCUT2D eigenvalue weighted by Gasteiger charge is 2.39. The number of alkyl carbamates (subject to hydrolysis) is 1.